The summed E-state index contributed by atoms with van der Waals surface area (Å²) in [6.07, 6.45) is 4.47. The minimum absolute atomic E-state index is 0.0276. The highest BCUT2D eigenvalue weighted by Gasteiger charge is 2.29. The molecule has 0 saturated heterocycles. The van der Waals surface area contributed by atoms with Crippen molar-refractivity contribution in [2.75, 3.05) is 12.3 Å². The zero-order valence-electron chi connectivity index (χ0n) is 20.1. The molecule has 0 aliphatic heterocycles. The number of carbonyl (C=O) groups excluding carboxylic acids is 1. The van der Waals surface area contributed by atoms with E-state index in [2.05, 4.69) is 32.6 Å². The van der Waals surface area contributed by atoms with Crippen molar-refractivity contribution in [3.63, 3.8) is 0 Å². The summed E-state index contributed by atoms with van der Waals surface area (Å²) in [5.74, 6) is 1.91. The third-order valence-corrected chi connectivity index (χ3v) is 7.25. The first-order valence-electron chi connectivity index (χ1n) is 12.4. The number of aryl methyl sites for hydroxylation is 1. The van der Waals surface area contributed by atoms with Crippen molar-refractivity contribution < 1.29 is 4.79 Å². The molecule has 0 spiro atoms. The van der Waals surface area contributed by atoms with Gasteiger partial charge in [-0.15, -0.1) is 0 Å². The molecule has 1 atom stereocenters. The van der Waals surface area contributed by atoms with E-state index in [0.717, 1.165) is 64.9 Å². The largest absolute Gasteiger partial charge is 0.382 e. The molecule has 8 heteroatoms. The van der Waals surface area contributed by atoms with Gasteiger partial charge in [0.1, 0.15) is 5.82 Å². The van der Waals surface area contributed by atoms with Crippen LogP contribution in [-0.4, -0.2) is 32.6 Å². The lowest BCUT2D eigenvalue weighted by Gasteiger charge is -2.28. The van der Waals surface area contributed by atoms with E-state index in [0.29, 0.717) is 24.7 Å². The van der Waals surface area contributed by atoms with Crippen molar-refractivity contribution in [2.45, 2.75) is 45.1 Å². The number of nitrogens with two attached hydrogens (primary N) is 2. The number of benzene rings is 2. The second-order valence-electron chi connectivity index (χ2n) is 9.67. The van der Waals surface area contributed by atoms with E-state index in [1.54, 1.807) is 0 Å². The zero-order valence-corrected chi connectivity index (χ0v) is 20.1. The van der Waals surface area contributed by atoms with Crippen molar-refractivity contribution in [1.82, 2.24) is 25.5 Å². The van der Waals surface area contributed by atoms with Gasteiger partial charge >= 0.3 is 0 Å². The molecule has 5 rings (SSSR count). The molecule has 0 radical (unpaired) electrons. The van der Waals surface area contributed by atoms with E-state index < -0.39 is 0 Å². The molecule has 0 bridgehead atoms. The van der Waals surface area contributed by atoms with Crippen LogP contribution in [0.5, 0.6) is 0 Å². The van der Waals surface area contributed by atoms with E-state index in [4.69, 9.17) is 16.5 Å². The Balaban J connectivity index is 1.41. The van der Waals surface area contributed by atoms with Crippen LogP contribution in [-0.2, 0) is 11.2 Å². The van der Waals surface area contributed by atoms with Crippen LogP contribution in [0.3, 0.4) is 0 Å². The number of imidazole rings is 1. The van der Waals surface area contributed by atoms with Gasteiger partial charge in [-0.2, -0.15) is 5.10 Å². The van der Waals surface area contributed by atoms with Crippen molar-refractivity contribution in [3.05, 3.63) is 65.6 Å². The number of aromatic amines is 2. The van der Waals surface area contributed by atoms with Gasteiger partial charge in [0, 0.05) is 22.6 Å². The summed E-state index contributed by atoms with van der Waals surface area (Å²) in [5.41, 5.74) is 16.5. The SMILES string of the molecule is Cc1[nH]c(C(Cc2ccccc2)NC(=O)C2CCC(CN)CC2)nc1-c1ccc2c(N)n[nH]c2c1. The summed E-state index contributed by atoms with van der Waals surface area (Å²) < 4.78 is 0. The second-order valence-corrected chi connectivity index (χ2v) is 9.67. The standard InChI is InChI=1S/C27H33N7O/c1-16-24(20-11-12-21-22(14-20)33-34-25(21)29)32-26(30-16)23(13-17-5-3-2-4-6-17)31-27(35)19-9-7-18(15-28)8-10-19/h2-6,11-12,14,18-19,23H,7-10,13,15,28H2,1H3,(H,30,32)(H,31,35)(H3,29,33,34). The van der Waals surface area contributed by atoms with Crippen molar-refractivity contribution in [3.8, 4) is 11.3 Å². The normalized spacial score (nSPS) is 19.0. The summed E-state index contributed by atoms with van der Waals surface area (Å²) in [4.78, 5) is 21.7. The number of H-pyrrole nitrogens is 2. The molecule has 1 amide bonds. The summed E-state index contributed by atoms with van der Waals surface area (Å²) in [7, 11) is 0. The summed E-state index contributed by atoms with van der Waals surface area (Å²) in [5, 5.41) is 11.3. The van der Waals surface area contributed by atoms with Crippen LogP contribution < -0.4 is 16.8 Å². The molecular weight excluding hydrogens is 438 g/mol. The van der Waals surface area contributed by atoms with Crippen LogP contribution >= 0.6 is 0 Å². The van der Waals surface area contributed by atoms with Gasteiger partial charge < -0.3 is 21.8 Å². The topological polar surface area (TPSA) is 138 Å². The van der Waals surface area contributed by atoms with Crippen LogP contribution in [0.1, 0.15) is 48.8 Å². The van der Waals surface area contributed by atoms with Gasteiger partial charge in [-0.25, -0.2) is 4.98 Å². The average molecular weight is 472 g/mol. The predicted molar refractivity (Wildman–Crippen MR) is 138 cm³/mol. The van der Waals surface area contributed by atoms with E-state index in [-0.39, 0.29) is 17.9 Å². The van der Waals surface area contributed by atoms with Gasteiger partial charge in [0.2, 0.25) is 5.91 Å². The van der Waals surface area contributed by atoms with E-state index in [1.165, 1.54) is 0 Å². The van der Waals surface area contributed by atoms with Crippen molar-refractivity contribution in [1.29, 1.82) is 0 Å². The Morgan fingerprint density at radius 1 is 1.14 bits per heavy atom. The molecule has 8 nitrogen and oxygen atoms in total. The number of carbonyl (C=O) groups is 1. The maximum Gasteiger partial charge on any atom is 0.223 e. The first-order valence-corrected chi connectivity index (χ1v) is 12.4. The molecule has 2 aromatic carbocycles. The molecule has 1 fully saturated rings. The van der Waals surface area contributed by atoms with Crippen molar-refractivity contribution >= 4 is 22.6 Å². The molecule has 182 valence electrons. The highest BCUT2D eigenvalue weighted by molar-refractivity contribution is 5.91. The predicted octanol–water partition coefficient (Wildman–Crippen LogP) is 4.01. The molecule has 1 unspecified atom stereocenters. The number of amides is 1. The number of rotatable bonds is 7. The Morgan fingerprint density at radius 2 is 1.91 bits per heavy atom. The van der Waals surface area contributed by atoms with Gasteiger partial charge in [0.25, 0.3) is 0 Å². The Bertz CT molecular complexity index is 1300. The van der Waals surface area contributed by atoms with Crippen LogP contribution in [0, 0.1) is 18.8 Å². The van der Waals surface area contributed by atoms with Gasteiger partial charge in [-0.1, -0.05) is 36.4 Å². The number of anilines is 1. The number of fused-ring (bicyclic) bond motifs is 1. The minimum Gasteiger partial charge on any atom is -0.382 e. The lowest BCUT2D eigenvalue weighted by Crippen LogP contribution is -2.37. The van der Waals surface area contributed by atoms with Gasteiger partial charge in [-0.3, -0.25) is 9.89 Å². The molecule has 1 aliphatic rings. The van der Waals surface area contributed by atoms with Crippen molar-refractivity contribution in [2.24, 2.45) is 17.6 Å². The fraction of sp³-hybridized carbons (Fsp3) is 0.370. The lowest BCUT2D eigenvalue weighted by atomic mass is 9.81. The van der Waals surface area contributed by atoms with Crippen LogP contribution in [0.25, 0.3) is 22.2 Å². The number of aromatic nitrogens is 4. The van der Waals surface area contributed by atoms with Gasteiger partial charge in [-0.05, 0) is 69.2 Å². The number of nitrogens with zero attached hydrogens (tertiary/aromatic N) is 2. The second kappa shape index (κ2) is 9.92. The van der Waals surface area contributed by atoms with Crippen LogP contribution in [0.4, 0.5) is 5.82 Å². The van der Waals surface area contributed by atoms with Gasteiger partial charge in [0.15, 0.2) is 5.82 Å². The molecule has 1 aliphatic carbocycles. The Hall–Kier alpha value is -3.65. The number of hydrogen-bond acceptors (Lipinski definition) is 5. The van der Waals surface area contributed by atoms with Crippen LogP contribution in [0.2, 0.25) is 0 Å². The average Bonchev–Trinajstić information content (AvgIpc) is 3.46. The molecule has 35 heavy (non-hydrogen) atoms. The highest BCUT2D eigenvalue weighted by atomic mass is 16.2. The number of nitrogens with one attached hydrogen (secondary N) is 3. The first-order chi connectivity index (χ1) is 17.0. The third-order valence-electron chi connectivity index (χ3n) is 7.25. The van der Waals surface area contributed by atoms with E-state index >= 15 is 0 Å². The Labute approximate surface area is 204 Å². The zero-order chi connectivity index (χ0) is 24.4. The molecular formula is C27H33N7O. The first kappa shape index (κ1) is 23.1. The smallest absolute Gasteiger partial charge is 0.223 e. The maximum atomic E-state index is 13.3. The molecule has 1 saturated carbocycles. The summed E-state index contributed by atoms with van der Waals surface area (Å²) in [6, 6.07) is 15.9. The Kier molecular flexibility index (Phi) is 6.55. The quantitative estimate of drug-likeness (QED) is 0.277. The van der Waals surface area contributed by atoms with E-state index in [1.807, 2.05) is 43.3 Å². The van der Waals surface area contributed by atoms with Crippen LogP contribution in [0.15, 0.2) is 48.5 Å². The summed E-state index contributed by atoms with van der Waals surface area (Å²) in [6.45, 7) is 2.71. The molecule has 2 heterocycles. The molecule has 2 aromatic heterocycles. The fourth-order valence-corrected chi connectivity index (χ4v) is 5.13. The lowest BCUT2D eigenvalue weighted by molar-refractivity contribution is -0.127. The van der Waals surface area contributed by atoms with E-state index in [9.17, 15) is 4.79 Å². The molecule has 7 N–H and O–H groups in total. The third kappa shape index (κ3) is 4.93. The monoisotopic (exact) mass is 471 g/mol. The minimum atomic E-state index is -0.254. The molecule has 4 aromatic rings. The highest BCUT2D eigenvalue weighted by Crippen LogP contribution is 2.31. The number of hydrogen-bond donors (Lipinski definition) is 5. The number of nitrogen functional groups attached to an aromatic ring is 1. The Morgan fingerprint density at radius 3 is 2.66 bits per heavy atom. The van der Waals surface area contributed by atoms with Gasteiger partial charge in [0.05, 0.1) is 17.3 Å². The fourth-order valence-electron chi connectivity index (χ4n) is 5.13. The summed E-state index contributed by atoms with van der Waals surface area (Å²) >= 11 is 0. The maximum absolute atomic E-state index is 13.3.